The molecule has 0 saturated heterocycles. The van der Waals surface area contributed by atoms with Gasteiger partial charge in [0.2, 0.25) is 11.5 Å². The van der Waals surface area contributed by atoms with Crippen molar-refractivity contribution in [1.82, 2.24) is 5.16 Å². The van der Waals surface area contributed by atoms with Crippen LogP contribution < -0.4 is 14.2 Å². The number of carboxylic acids is 1. The highest BCUT2D eigenvalue weighted by atomic mass is 16.5. The Kier molecular flexibility index (Phi) is 5.79. The number of ether oxygens (including phenoxy) is 2. The molecule has 0 fully saturated rings. The van der Waals surface area contributed by atoms with Crippen molar-refractivity contribution in [1.29, 1.82) is 0 Å². The van der Waals surface area contributed by atoms with Gasteiger partial charge < -0.3 is 19.1 Å². The molecular formula is C23H19N2O6+. The van der Waals surface area contributed by atoms with E-state index in [0.717, 1.165) is 15.9 Å². The van der Waals surface area contributed by atoms with Crippen molar-refractivity contribution in [3.63, 3.8) is 0 Å². The largest absolute Gasteiger partial charge is 0.484 e. The van der Waals surface area contributed by atoms with Crippen LogP contribution in [0, 0.1) is 0 Å². The minimum Gasteiger partial charge on any atom is -0.484 e. The van der Waals surface area contributed by atoms with Gasteiger partial charge in [-0.25, -0.2) is 4.79 Å². The SMILES string of the molecule is O=C(O)c1cc(-c2cc(OCc3ccccc3)c(OCc3ccccc3)c[n+]2O)on1. The molecule has 0 aliphatic rings. The van der Waals surface area contributed by atoms with E-state index in [1.165, 1.54) is 18.3 Å². The quantitative estimate of drug-likeness (QED) is 0.331. The molecule has 0 spiro atoms. The summed E-state index contributed by atoms with van der Waals surface area (Å²) in [6.45, 7) is 0.543. The summed E-state index contributed by atoms with van der Waals surface area (Å²) in [6, 6.07) is 21.9. The van der Waals surface area contributed by atoms with Gasteiger partial charge in [0.1, 0.15) is 13.2 Å². The van der Waals surface area contributed by atoms with Crippen LogP contribution in [-0.2, 0) is 13.2 Å². The Morgan fingerprint density at radius 3 is 2.03 bits per heavy atom. The van der Waals surface area contributed by atoms with Gasteiger partial charge in [-0.05, 0) is 11.1 Å². The first-order valence-electron chi connectivity index (χ1n) is 9.43. The second-order valence-corrected chi connectivity index (χ2v) is 6.66. The Hall–Kier alpha value is -4.33. The van der Waals surface area contributed by atoms with Gasteiger partial charge in [0.25, 0.3) is 6.20 Å². The van der Waals surface area contributed by atoms with Gasteiger partial charge in [-0.15, -0.1) is 0 Å². The van der Waals surface area contributed by atoms with Crippen molar-refractivity contribution in [2.24, 2.45) is 0 Å². The first kappa shape index (κ1) is 20.0. The van der Waals surface area contributed by atoms with E-state index in [2.05, 4.69) is 5.16 Å². The fourth-order valence-corrected chi connectivity index (χ4v) is 2.88. The van der Waals surface area contributed by atoms with Crippen LogP contribution in [0.1, 0.15) is 21.6 Å². The Bertz CT molecular complexity index is 1180. The molecule has 2 N–H and O–H groups in total. The molecule has 0 bridgehead atoms. The number of hydrogen-bond acceptors (Lipinski definition) is 6. The van der Waals surface area contributed by atoms with Crippen LogP contribution in [0.3, 0.4) is 0 Å². The van der Waals surface area contributed by atoms with Gasteiger partial charge in [0, 0.05) is 10.8 Å². The van der Waals surface area contributed by atoms with E-state index in [9.17, 15) is 10.0 Å². The lowest BCUT2D eigenvalue weighted by molar-refractivity contribution is -0.896. The van der Waals surface area contributed by atoms with Crippen molar-refractivity contribution in [3.8, 4) is 23.0 Å². The number of aromatic nitrogens is 2. The van der Waals surface area contributed by atoms with Crippen molar-refractivity contribution in [2.75, 3.05) is 0 Å². The van der Waals surface area contributed by atoms with Gasteiger partial charge in [-0.3, -0.25) is 5.21 Å². The third-order valence-electron chi connectivity index (χ3n) is 4.45. The van der Waals surface area contributed by atoms with E-state index in [0.29, 0.717) is 11.5 Å². The highest BCUT2D eigenvalue weighted by Gasteiger charge is 2.26. The van der Waals surface area contributed by atoms with Crippen molar-refractivity contribution in [3.05, 3.63) is 95.8 Å². The maximum absolute atomic E-state index is 11.1. The average molecular weight is 419 g/mol. The van der Waals surface area contributed by atoms with Gasteiger partial charge in [-0.1, -0.05) is 65.8 Å². The third kappa shape index (κ3) is 4.81. The molecule has 156 valence electrons. The monoisotopic (exact) mass is 419 g/mol. The highest BCUT2D eigenvalue weighted by molar-refractivity contribution is 5.86. The first-order valence-corrected chi connectivity index (χ1v) is 9.43. The van der Waals surface area contributed by atoms with Gasteiger partial charge in [-0.2, -0.15) is 0 Å². The van der Waals surface area contributed by atoms with Crippen LogP contribution in [0.15, 0.2) is 83.5 Å². The number of nitrogens with zero attached hydrogens (tertiary/aromatic N) is 2. The molecule has 8 nitrogen and oxygen atoms in total. The van der Waals surface area contributed by atoms with Crippen molar-refractivity contribution < 1.29 is 33.8 Å². The summed E-state index contributed by atoms with van der Waals surface area (Å²) in [5, 5.41) is 23.0. The average Bonchev–Trinajstić information content (AvgIpc) is 3.29. The predicted octanol–water partition coefficient (Wildman–Crippen LogP) is 3.72. The fraction of sp³-hybridized carbons (Fsp3) is 0.0870. The first-order chi connectivity index (χ1) is 15.1. The number of benzene rings is 2. The number of carbonyl (C=O) groups is 1. The van der Waals surface area contributed by atoms with Crippen LogP contribution in [0.4, 0.5) is 0 Å². The molecular weight excluding hydrogens is 400 g/mol. The minimum atomic E-state index is -1.23. The maximum atomic E-state index is 11.1. The Balaban J connectivity index is 1.64. The lowest BCUT2D eigenvalue weighted by atomic mass is 10.2. The standard InChI is InChI=1S/C23H18N2O6/c26-23(27)18-11-20(31-24-18)19-12-21(29-14-16-7-3-1-4-8-16)22(13-25(19)28)30-15-17-9-5-2-6-10-17/h1-13H,14-15H2,(H-,24,26,27,28)/p+1. The summed E-state index contributed by atoms with van der Waals surface area (Å²) in [7, 11) is 0. The topological polar surface area (TPSA) is 106 Å². The summed E-state index contributed by atoms with van der Waals surface area (Å²) in [5.74, 6) is -0.501. The second-order valence-electron chi connectivity index (χ2n) is 6.66. The predicted molar refractivity (Wildman–Crippen MR) is 108 cm³/mol. The molecule has 0 unspecified atom stereocenters. The number of rotatable bonds is 8. The van der Waals surface area contributed by atoms with Crippen molar-refractivity contribution in [2.45, 2.75) is 13.2 Å². The smallest absolute Gasteiger partial charge is 0.358 e. The molecule has 0 atom stereocenters. The van der Waals surface area contributed by atoms with E-state index in [1.54, 1.807) is 0 Å². The Morgan fingerprint density at radius 1 is 0.903 bits per heavy atom. The summed E-state index contributed by atoms with van der Waals surface area (Å²) in [5.41, 5.74) is 1.79. The van der Waals surface area contributed by atoms with E-state index in [1.807, 2.05) is 60.7 Å². The molecule has 0 amide bonds. The van der Waals surface area contributed by atoms with E-state index in [-0.39, 0.29) is 30.4 Å². The summed E-state index contributed by atoms with van der Waals surface area (Å²) in [4.78, 5) is 11.1. The van der Waals surface area contributed by atoms with Crippen LogP contribution in [0.5, 0.6) is 11.5 Å². The van der Waals surface area contributed by atoms with E-state index in [4.69, 9.17) is 19.1 Å². The van der Waals surface area contributed by atoms with Crippen molar-refractivity contribution >= 4 is 5.97 Å². The Morgan fingerprint density at radius 2 is 1.48 bits per heavy atom. The second kappa shape index (κ2) is 9.00. The maximum Gasteiger partial charge on any atom is 0.358 e. The zero-order chi connectivity index (χ0) is 21.6. The molecule has 4 rings (SSSR count). The van der Waals surface area contributed by atoms with Gasteiger partial charge in [0.05, 0.1) is 6.07 Å². The number of aromatic carboxylic acids is 1. The molecule has 0 aliphatic heterocycles. The summed E-state index contributed by atoms with van der Waals surface area (Å²) in [6.07, 6.45) is 1.33. The minimum absolute atomic E-state index is 0.0686. The fourth-order valence-electron chi connectivity index (χ4n) is 2.88. The lowest BCUT2D eigenvalue weighted by Crippen LogP contribution is -2.32. The molecule has 4 aromatic rings. The van der Waals surface area contributed by atoms with Crippen LogP contribution in [0.2, 0.25) is 0 Å². The summed E-state index contributed by atoms with van der Waals surface area (Å²) < 4.78 is 17.7. The molecule has 0 radical (unpaired) electrons. The molecule has 2 aromatic carbocycles. The van der Waals surface area contributed by atoms with Crippen LogP contribution in [0.25, 0.3) is 11.5 Å². The molecule has 2 heterocycles. The lowest BCUT2D eigenvalue weighted by Gasteiger charge is -2.12. The zero-order valence-corrected chi connectivity index (χ0v) is 16.3. The highest BCUT2D eigenvalue weighted by Crippen LogP contribution is 2.31. The van der Waals surface area contributed by atoms with Gasteiger partial charge in [0.15, 0.2) is 11.4 Å². The summed E-state index contributed by atoms with van der Waals surface area (Å²) >= 11 is 0. The molecule has 0 aliphatic carbocycles. The molecule has 2 aromatic heterocycles. The Labute approximate surface area is 177 Å². The normalized spacial score (nSPS) is 10.6. The zero-order valence-electron chi connectivity index (χ0n) is 16.3. The number of carboxylic acid groups (broad SMARTS) is 1. The van der Waals surface area contributed by atoms with Gasteiger partial charge >= 0.3 is 11.7 Å². The van der Waals surface area contributed by atoms with E-state index < -0.39 is 5.97 Å². The van der Waals surface area contributed by atoms with Crippen LogP contribution >= 0.6 is 0 Å². The molecule has 0 saturated carbocycles. The van der Waals surface area contributed by atoms with E-state index >= 15 is 0 Å². The molecule has 8 heteroatoms. The van der Waals surface area contributed by atoms with Crippen LogP contribution in [-0.4, -0.2) is 21.4 Å². The molecule has 31 heavy (non-hydrogen) atoms. The third-order valence-corrected chi connectivity index (χ3v) is 4.45. The number of pyridine rings is 1. The number of hydrogen-bond donors (Lipinski definition) is 2.